The first kappa shape index (κ1) is 16.3. The predicted octanol–water partition coefficient (Wildman–Crippen LogP) is 2.63. The molecule has 1 atom stereocenters. The molecule has 2 N–H and O–H groups in total. The van der Waals surface area contributed by atoms with E-state index in [0.717, 1.165) is 29.8 Å². The van der Waals surface area contributed by atoms with Crippen molar-refractivity contribution < 1.29 is 9.18 Å². The lowest BCUT2D eigenvalue weighted by Crippen LogP contribution is -2.50. The summed E-state index contributed by atoms with van der Waals surface area (Å²) in [4.78, 5) is 22.5. The number of piperazine rings is 1. The number of benzene rings is 1. The molecule has 1 fully saturated rings. The first-order chi connectivity index (χ1) is 12.1. The molecule has 25 heavy (non-hydrogen) atoms. The third-order valence-corrected chi connectivity index (χ3v) is 6.01. The molecule has 0 saturated carbocycles. The van der Waals surface area contributed by atoms with Crippen molar-refractivity contribution in [1.82, 2.24) is 9.88 Å². The smallest absolute Gasteiger partial charge is 0.231 e. The molecule has 4 rings (SSSR count). The number of para-hydroxylation sites is 1. The van der Waals surface area contributed by atoms with Crippen LogP contribution in [-0.2, 0) is 11.2 Å². The number of hydrogen-bond acceptors (Lipinski definition) is 5. The highest BCUT2D eigenvalue weighted by atomic mass is 32.1. The van der Waals surface area contributed by atoms with Crippen LogP contribution >= 0.6 is 11.3 Å². The summed E-state index contributed by atoms with van der Waals surface area (Å²) in [7, 11) is 0. The number of aryl methyl sites for hydroxylation is 1. The minimum atomic E-state index is -0.211. The van der Waals surface area contributed by atoms with Gasteiger partial charge in [-0.2, -0.15) is 0 Å². The van der Waals surface area contributed by atoms with E-state index < -0.39 is 0 Å². The second kappa shape index (κ2) is 6.63. The number of carbonyl (C=O) groups is 1. The number of aromatic nitrogens is 1. The third kappa shape index (κ3) is 3.08. The highest BCUT2D eigenvalue weighted by Crippen LogP contribution is 2.37. The summed E-state index contributed by atoms with van der Waals surface area (Å²) in [5.74, 6) is -0.242. The Kier molecular flexibility index (Phi) is 4.33. The Morgan fingerprint density at radius 2 is 2.00 bits per heavy atom. The number of fused-ring (bicyclic) bond motifs is 1. The Labute approximate surface area is 150 Å². The van der Waals surface area contributed by atoms with E-state index >= 15 is 0 Å². The van der Waals surface area contributed by atoms with Gasteiger partial charge in [-0.1, -0.05) is 12.1 Å². The summed E-state index contributed by atoms with van der Waals surface area (Å²) in [5, 5.41) is 0.550. The lowest BCUT2D eigenvalue weighted by molar-refractivity contribution is -0.133. The standard InChI is InChI=1S/C18H21FN4OS/c19-13-5-1-2-6-14(13)22-8-10-23(11-9-22)17(24)12-4-3-7-15-16(12)21-18(20)25-15/h1-2,5-6,12H,3-4,7-11H2,(H2,20,21). The van der Waals surface area contributed by atoms with E-state index in [0.29, 0.717) is 37.0 Å². The summed E-state index contributed by atoms with van der Waals surface area (Å²) in [6, 6.07) is 6.80. The quantitative estimate of drug-likeness (QED) is 0.894. The lowest BCUT2D eigenvalue weighted by Gasteiger charge is -2.38. The molecule has 1 amide bonds. The average Bonchev–Trinajstić information content (AvgIpc) is 3.02. The van der Waals surface area contributed by atoms with E-state index in [1.165, 1.54) is 17.4 Å². The van der Waals surface area contributed by atoms with Crippen LogP contribution in [0.3, 0.4) is 0 Å². The molecule has 0 spiro atoms. The van der Waals surface area contributed by atoms with Crippen LogP contribution in [0.25, 0.3) is 0 Å². The Morgan fingerprint density at radius 3 is 2.76 bits per heavy atom. The fourth-order valence-corrected chi connectivity index (χ4v) is 4.71. The number of hydrogen-bond donors (Lipinski definition) is 1. The highest BCUT2D eigenvalue weighted by Gasteiger charge is 2.34. The molecule has 1 unspecified atom stereocenters. The highest BCUT2D eigenvalue weighted by molar-refractivity contribution is 7.15. The lowest BCUT2D eigenvalue weighted by atomic mass is 9.89. The van der Waals surface area contributed by atoms with Gasteiger partial charge in [0.25, 0.3) is 0 Å². The molecule has 0 radical (unpaired) electrons. The zero-order chi connectivity index (χ0) is 17.4. The molecule has 2 aliphatic rings. The van der Waals surface area contributed by atoms with E-state index in [4.69, 9.17) is 5.73 Å². The molecule has 1 saturated heterocycles. The molecule has 2 aromatic rings. The SMILES string of the molecule is Nc1nc2c(s1)CCCC2C(=O)N1CCN(c2ccccc2F)CC1. The van der Waals surface area contributed by atoms with Crippen LogP contribution in [0, 0.1) is 5.82 Å². The van der Waals surface area contributed by atoms with E-state index in [-0.39, 0.29) is 17.6 Å². The zero-order valence-corrected chi connectivity index (χ0v) is 14.8. The van der Waals surface area contributed by atoms with Gasteiger partial charge in [0.15, 0.2) is 5.13 Å². The maximum absolute atomic E-state index is 13.9. The van der Waals surface area contributed by atoms with Gasteiger partial charge in [0.05, 0.1) is 17.3 Å². The van der Waals surface area contributed by atoms with Gasteiger partial charge in [0.2, 0.25) is 5.91 Å². The summed E-state index contributed by atoms with van der Waals surface area (Å²) in [6.45, 7) is 2.51. The number of rotatable bonds is 2. The number of anilines is 2. The fraction of sp³-hybridized carbons (Fsp3) is 0.444. The van der Waals surface area contributed by atoms with E-state index in [9.17, 15) is 9.18 Å². The summed E-state index contributed by atoms with van der Waals surface area (Å²) < 4.78 is 13.9. The van der Waals surface area contributed by atoms with Gasteiger partial charge in [0, 0.05) is 31.1 Å². The predicted molar refractivity (Wildman–Crippen MR) is 97.4 cm³/mol. The molecular formula is C18H21FN4OS. The number of nitrogen functional groups attached to an aromatic ring is 1. The van der Waals surface area contributed by atoms with Gasteiger partial charge < -0.3 is 15.5 Å². The first-order valence-electron chi connectivity index (χ1n) is 8.67. The maximum atomic E-state index is 13.9. The Bertz CT molecular complexity index is 785. The van der Waals surface area contributed by atoms with Gasteiger partial charge in [-0.05, 0) is 31.4 Å². The molecule has 1 aliphatic carbocycles. The summed E-state index contributed by atoms with van der Waals surface area (Å²) >= 11 is 1.50. The van der Waals surface area contributed by atoms with Crippen LogP contribution in [0.5, 0.6) is 0 Å². The number of halogens is 1. The van der Waals surface area contributed by atoms with E-state index in [1.54, 1.807) is 12.1 Å². The van der Waals surface area contributed by atoms with Crippen LogP contribution in [-0.4, -0.2) is 42.0 Å². The maximum Gasteiger partial charge on any atom is 0.231 e. The van der Waals surface area contributed by atoms with Crippen molar-refractivity contribution >= 4 is 28.1 Å². The fourth-order valence-electron chi connectivity index (χ4n) is 3.77. The summed E-state index contributed by atoms with van der Waals surface area (Å²) in [5.41, 5.74) is 7.33. The minimum Gasteiger partial charge on any atom is -0.375 e. The van der Waals surface area contributed by atoms with Gasteiger partial charge in [-0.15, -0.1) is 11.3 Å². The zero-order valence-electron chi connectivity index (χ0n) is 13.9. The van der Waals surface area contributed by atoms with Gasteiger partial charge in [0.1, 0.15) is 5.82 Å². The number of thiazole rings is 1. The largest absolute Gasteiger partial charge is 0.375 e. The molecule has 1 aliphatic heterocycles. The molecule has 2 heterocycles. The molecule has 1 aromatic carbocycles. The van der Waals surface area contributed by atoms with Crippen LogP contribution in [0.15, 0.2) is 24.3 Å². The van der Waals surface area contributed by atoms with E-state index in [2.05, 4.69) is 4.98 Å². The first-order valence-corrected chi connectivity index (χ1v) is 9.48. The van der Waals surface area contributed by atoms with Crippen LogP contribution in [0.2, 0.25) is 0 Å². The van der Waals surface area contributed by atoms with Crippen molar-refractivity contribution in [2.45, 2.75) is 25.2 Å². The monoisotopic (exact) mass is 360 g/mol. The second-order valence-corrected chi connectivity index (χ2v) is 7.68. The van der Waals surface area contributed by atoms with Crippen LogP contribution < -0.4 is 10.6 Å². The van der Waals surface area contributed by atoms with Crippen molar-refractivity contribution in [2.24, 2.45) is 0 Å². The van der Waals surface area contributed by atoms with Crippen molar-refractivity contribution in [2.75, 3.05) is 36.8 Å². The molecule has 1 aromatic heterocycles. The summed E-state index contributed by atoms with van der Waals surface area (Å²) in [6.07, 6.45) is 2.80. The van der Waals surface area contributed by atoms with Crippen molar-refractivity contribution in [3.05, 3.63) is 40.7 Å². The van der Waals surface area contributed by atoms with Crippen molar-refractivity contribution in [3.63, 3.8) is 0 Å². The van der Waals surface area contributed by atoms with Crippen LogP contribution in [0.4, 0.5) is 15.2 Å². The Morgan fingerprint density at radius 1 is 1.24 bits per heavy atom. The molecule has 5 nitrogen and oxygen atoms in total. The Hall–Kier alpha value is -2.15. The number of amides is 1. The average molecular weight is 360 g/mol. The van der Waals surface area contributed by atoms with Gasteiger partial charge in [-0.25, -0.2) is 9.37 Å². The number of nitrogens with zero attached hydrogens (tertiary/aromatic N) is 3. The number of nitrogens with two attached hydrogens (primary N) is 1. The normalized spacial score (nSPS) is 20.4. The minimum absolute atomic E-state index is 0.138. The molecule has 0 bridgehead atoms. The Balaban J connectivity index is 1.45. The topological polar surface area (TPSA) is 62.5 Å². The molecular weight excluding hydrogens is 339 g/mol. The second-order valence-electron chi connectivity index (χ2n) is 6.57. The van der Waals surface area contributed by atoms with Crippen LogP contribution in [0.1, 0.15) is 29.3 Å². The van der Waals surface area contributed by atoms with Gasteiger partial charge in [-0.3, -0.25) is 4.79 Å². The molecule has 7 heteroatoms. The van der Waals surface area contributed by atoms with E-state index in [1.807, 2.05) is 15.9 Å². The third-order valence-electron chi connectivity index (χ3n) is 5.05. The van der Waals surface area contributed by atoms with Crippen molar-refractivity contribution in [1.29, 1.82) is 0 Å². The number of carbonyl (C=O) groups excluding carboxylic acids is 1. The molecule has 132 valence electrons. The van der Waals surface area contributed by atoms with Crippen molar-refractivity contribution in [3.8, 4) is 0 Å². The van der Waals surface area contributed by atoms with Gasteiger partial charge >= 0.3 is 0 Å².